The zero-order valence-electron chi connectivity index (χ0n) is 17.4. The van der Waals surface area contributed by atoms with Gasteiger partial charge < -0.3 is 21.5 Å². The number of amides is 1. The van der Waals surface area contributed by atoms with E-state index < -0.39 is 0 Å². The molecule has 0 saturated heterocycles. The molecule has 0 bridgehead atoms. The Balaban J connectivity index is 1.37. The molecule has 0 aliphatic carbocycles. The number of benzene rings is 2. The maximum absolute atomic E-state index is 12.7. The molecular weight excluding hydrogens is 402 g/mol. The van der Waals surface area contributed by atoms with Gasteiger partial charge in [0, 0.05) is 30.1 Å². The van der Waals surface area contributed by atoms with E-state index >= 15 is 0 Å². The quantitative estimate of drug-likeness (QED) is 0.409. The van der Waals surface area contributed by atoms with E-state index in [0.29, 0.717) is 34.8 Å². The highest BCUT2D eigenvalue weighted by Crippen LogP contribution is 2.22. The molecule has 0 aliphatic rings. The Bertz CT molecular complexity index is 1210. The Morgan fingerprint density at radius 2 is 1.72 bits per heavy atom. The average Bonchev–Trinajstić information content (AvgIpc) is 2.83. The summed E-state index contributed by atoms with van der Waals surface area (Å²) >= 11 is 0. The molecule has 0 aliphatic heterocycles. The summed E-state index contributed by atoms with van der Waals surface area (Å²) in [5.41, 5.74) is 15.5. The van der Waals surface area contributed by atoms with Crippen LogP contribution >= 0.6 is 0 Å². The summed E-state index contributed by atoms with van der Waals surface area (Å²) < 4.78 is 5.79. The molecule has 0 saturated carbocycles. The Hall–Kier alpha value is -4.39. The first-order valence-corrected chi connectivity index (χ1v) is 10.1. The number of nitrogens with zero attached hydrogens (tertiary/aromatic N) is 2. The van der Waals surface area contributed by atoms with Gasteiger partial charge in [-0.3, -0.25) is 9.78 Å². The zero-order chi connectivity index (χ0) is 22.3. The molecule has 0 radical (unpaired) electrons. The van der Waals surface area contributed by atoms with E-state index in [9.17, 15) is 4.79 Å². The van der Waals surface area contributed by atoms with Gasteiger partial charge in [-0.15, -0.1) is 0 Å². The monoisotopic (exact) mass is 425 g/mol. The van der Waals surface area contributed by atoms with Crippen LogP contribution in [0.15, 0.2) is 85.2 Å². The van der Waals surface area contributed by atoms with E-state index in [1.54, 1.807) is 36.5 Å². The molecule has 2 aromatic heterocycles. The number of ether oxygens (including phenoxy) is 1. The molecule has 0 atom stereocenters. The summed E-state index contributed by atoms with van der Waals surface area (Å²) in [6.07, 6.45) is 3.95. The molecule has 2 heterocycles. The van der Waals surface area contributed by atoms with Crippen LogP contribution in [0.5, 0.6) is 5.75 Å². The van der Waals surface area contributed by atoms with E-state index in [-0.39, 0.29) is 11.7 Å². The first kappa shape index (κ1) is 20.9. The van der Waals surface area contributed by atoms with Crippen molar-refractivity contribution in [1.82, 2.24) is 9.97 Å². The summed E-state index contributed by atoms with van der Waals surface area (Å²) in [5.74, 6) is 0.707. The maximum Gasteiger partial charge on any atom is 0.257 e. The molecule has 0 fully saturated rings. The van der Waals surface area contributed by atoms with Gasteiger partial charge in [0.1, 0.15) is 11.6 Å². The minimum Gasteiger partial charge on any atom is -0.493 e. The van der Waals surface area contributed by atoms with E-state index in [0.717, 1.165) is 12.2 Å². The van der Waals surface area contributed by atoms with Crippen LogP contribution in [-0.2, 0) is 6.42 Å². The summed E-state index contributed by atoms with van der Waals surface area (Å²) in [5, 5.41) is 2.87. The highest BCUT2D eigenvalue weighted by Gasteiger charge is 2.10. The fraction of sp³-hybridized carbons (Fsp3) is 0.0800. The molecule has 2 aromatic carbocycles. The Kier molecular flexibility index (Phi) is 6.27. The second-order valence-corrected chi connectivity index (χ2v) is 7.20. The number of anilines is 3. The largest absolute Gasteiger partial charge is 0.493 e. The van der Waals surface area contributed by atoms with E-state index in [1.165, 1.54) is 11.8 Å². The molecule has 4 aromatic rings. The number of hydrogen-bond donors (Lipinski definition) is 3. The molecule has 7 nitrogen and oxygen atoms in total. The molecule has 4 rings (SSSR count). The van der Waals surface area contributed by atoms with Crippen molar-refractivity contribution in [3.8, 4) is 17.0 Å². The smallest absolute Gasteiger partial charge is 0.257 e. The first-order valence-electron chi connectivity index (χ1n) is 10.1. The molecule has 160 valence electrons. The fourth-order valence-electron chi connectivity index (χ4n) is 3.12. The number of hydrogen-bond acceptors (Lipinski definition) is 6. The summed E-state index contributed by atoms with van der Waals surface area (Å²) in [6, 6.07) is 22.6. The lowest BCUT2D eigenvalue weighted by atomic mass is 10.1. The molecule has 5 N–H and O–H groups in total. The molecule has 32 heavy (non-hydrogen) atoms. The minimum atomic E-state index is -0.277. The number of nitrogens with one attached hydrogen (secondary N) is 1. The number of carbonyl (C=O) groups excluding carboxylic acids is 1. The standard InChI is InChI=1S/C25H23N5O2/c26-22-10-11-23(30-24(22)27)18-14-19(16-28-15-18)25(31)29-20-6-8-21(9-7-20)32-13-12-17-4-2-1-3-5-17/h1-11,14-16H,12-13,26H2,(H2,27,30)(H,29,31). The van der Waals surface area contributed by atoms with Crippen LogP contribution in [0.25, 0.3) is 11.3 Å². The predicted molar refractivity (Wildman–Crippen MR) is 126 cm³/mol. The Labute approximate surface area is 186 Å². The number of pyridine rings is 2. The Morgan fingerprint density at radius 1 is 0.938 bits per heavy atom. The lowest BCUT2D eigenvalue weighted by molar-refractivity contribution is 0.102. The van der Waals surface area contributed by atoms with Crippen molar-refractivity contribution >= 4 is 23.1 Å². The minimum absolute atomic E-state index is 0.239. The van der Waals surface area contributed by atoms with Gasteiger partial charge >= 0.3 is 0 Å². The van der Waals surface area contributed by atoms with Gasteiger partial charge in [0.05, 0.1) is 23.6 Å². The summed E-state index contributed by atoms with van der Waals surface area (Å²) in [7, 11) is 0. The first-order chi connectivity index (χ1) is 15.6. The van der Waals surface area contributed by atoms with Crippen molar-refractivity contribution in [2.75, 3.05) is 23.4 Å². The van der Waals surface area contributed by atoms with Gasteiger partial charge in [-0.05, 0) is 48.0 Å². The van der Waals surface area contributed by atoms with Crippen LogP contribution < -0.4 is 21.5 Å². The van der Waals surface area contributed by atoms with Crippen molar-refractivity contribution in [3.05, 3.63) is 96.3 Å². The second kappa shape index (κ2) is 9.61. The molecule has 0 spiro atoms. The summed E-state index contributed by atoms with van der Waals surface area (Å²) in [4.78, 5) is 21.1. The molecule has 7 heteroatoms. The zero-order valence-corrected chi connectivity index (χ0v) is 17.4. The van der Waals surface area contributed by atoms with Crippen LogP contribution in [0.3, 0.4) is 0 Å². The maximum atomic E-state index is 12.7. The number of rotatable bonds is 7. The number of nitrogen functional groups attached to an aromatic ring is 2. The molecule has 0 unspecified atom stereocenters. The highest BCUT2D eigenvalue weighted by atomic mass is 16.5. The van der Waals surface area contributed by atoms with Gasteiger partial charge in [0.2, 0.25) is 0 Å². The second-order valence-electron chi connectivity index (χ2n) is 7.20. The van der Waals surface area contributed by atoms with Crippen molar-refractivity contribution in [3.63, 3.8) is 0 Å². The van der Waals surface area contributed by atoms with Crippen molar-refractivity contribution in [2.24, 2.45) is 0 Å². The van der Waals surface area contributed by atoms with Crippen LogP contribution in [0.4, 0.5) is 17.2 Å². The number of nitrogens with two attached hydrogens (primary N) is 2. The van der Waals surface area contributed by atoms with E-state index in [1.807, 2.05) is 30.3 Å². The lowest BCUT2D eigenvalue weighted by Gasteiger charge is -2.09. The normalized spacial score (nSPS) is 10.5. The van der Waals surface area contributed by atoms with Gasteiger partial charge in [-0.25, -0.2) is 4.98 Å². The van der Waals surface area contributed by atoms with Crippen LogP contribution in [0.2, 0.25) is 0 Å². The third kappa shape index (κ3) is 5.20. The average molecular weight is 425 g/mol. The van der Waals surface area contributed by atoms with Gasteiger partial charge in [-0.2, -0.15) is 0 Å². The number of carbonyl (C=O) groups is 1. The Morgan fingerprint density at radius 3 is 2.47 bits per heavy atom. The SMILES string of the molecule is Nc1ccc(-c2cncc(C(=O)Nc3ccc(OCCc4ccccc4)cc3)c2)nc1N. The van der Waals surface area contributed by atoms with Crippen molar-refractivity contribution < 1.29 is 9.53 Å². The third-order valence-electron chi connectivity index (χ3n) is 4.87. The van der Waals surface area contributed by atoms with Gasteiger partial charge in [-0.1, -0.05) is 30.3 Å². The predicted octanol–water partition coefficient (Wildman–Crippen LogP) is 4.18. The number of aromatic nitrogens is 2. The van der Waals surface area contributed by atoms with Crippen molar-refractivity contribution in [1.29, 1.82) is 0 Å². The van der Waals surface area contributed by atoms with E-state index in [4.69, 9.17) is 16.2 Å². The third-order valence-corrected chi connectivity index (χ3v) is 4.87. The highest BCUT2D eigenvalue weighted by molar-refractivity contribution is 6.04. The lowest BCUT2D eigenvalue weighted by Crippen LogP contribution is -2.12. The van der Waals surface area contributed by atoms with Crippen LogP contribution in [0, 0.1) is 0 Å². The van der Waals surface area contributed by atoms with Gasteiger partial charge in [0.15, 0.2) is 0 Å². The summed E-state index contributed by atoms with van der Waals surface area (Å²) in [6.45, 7) is 0.581. The molecule has 1 amide bonds. The topological polar surface area (TPSA) is 116 Å². The molecular formula is C25H23N5O2. The van der Waals surface area contributed by atoms with Gasteiger partial charge in [0.25, 0.3) is 5.91 Å². The van der Waals surface area contributed by atoms with Crippen molar-refractivity contribution in [2.45, 2.75) is 6.42 Å². The van der Waals surface area contributed by atoms with Crippen LogP contribution in [-0.4, -0.2) is 22.5 Å². The fourth-order valence-corrected chi connectivity index (χ4v) is 3.12. The van der Waals surface area contributed by atoms with E-state index in [2.05, 4.69) is 27.4 Å². The van der Waals surface area contributed by atoms with Crippen LogP contribution in [0.1, 0.15) is 15.9 Å².